The highest BCUT2D eigenvalue weighted by atomic mass is 35.5. The number of halogens is 2. The number of benzene rings is 2. The lowest BCUT2D eigenvalue weighted by molar-refractivity contribution is -0.111. The van der Waals surface area contributed by atoms with E-state index in [1.807, 2.05) is 13.0 Å². The van der Waals surface area contributed by atoms with Crippen molar-refractivity contribution in [1.82, 2.24) is 9.97 Å². The summed E-state index contributed by atoms with van der Waals surface area (Å²) in [4.78, 5) is 20.3. The zero-order valence-corrected chi connectivity index (χ0v) is 14.9. The van der Waals surface area contributed by atoms with E-state index in [1.54, 1.807) is 18.2 Å². The third-order valence-corrected chi connectivity index (χ3v) is 4.02. The fourth-order valence-corrected chi connectivity index (χ4v) is 2.62. The van der Waals surface area contributed by atoms with Gasteiger partial charge in [-0.25, -0.2) is 14.4 Å². The van der Waals surface area contributed by atoms with Crippen LogP contribution >= 0.6 is 11.6 Å². The number of nitrogens with one attached hydrogen (secondary N) is 2. The Labute approximate surface area is 159 Å². The lowest BCUT2D eigenvalue weighted by Crippen LogP contribution is -2.09. The van der Waals surface area contributed by atoms with Crippen LogP contribution in [-0.2, 0) is 4.79 Å². The molecule has 6 nitrogen and oxygen atoms in total. The molecule has 0 saturated carbocycles. The summed E-state index contributed by atoms with van der Waals surface area (Å²) in [6.07, 6.45) is 3.65. The summed E-state index contributed by atoms with van der Waals surface area (Å²) in [5.74, 6) is -0.456. The number of anilines is 3. The van der Waals surface area contributed by atoms with Crippen molar-refractivity contribution in [2.45, 2.75) is 6.92 Å². The Hall–Kier alpha value is -3.50. The molecule has 0 unspecified atom stereocenters. The van der Waals surface area contributed by atoms with Gasteiger partial charge in [0.1, 0.15) is 18.0 Å². The zero-order valence-electron chi connectivity index (χ0n) is 14.1. The average Bonchev–Trinajstić information content (AvgIpc) is 2.64. The number of carbonyl (C=O) groups excluding carboxylic acids is 1. The quantitative estimate of drug-likeness (QED) is 0.513. The van der Waals surface area contributed by atoms with Gasteiger partial charge >= 0.3 is 0 Å². The van der Waals surface area contributed by atoms with Gasteiger partial charge in [0.25, 0.3) is 0 Å². The predicted molar refractivity (Wildman–Crippen MR) is 102 cm³/mol. The molecule has 3 aromatic rings. The minimum Gasteiger partial charge on any atom is -0.340 e. The highest BCUT2D eigenvalue weighted by Crippen LogP contribution is 2.29. The van der Waals surface area contributed by atoms with E-state index in [9.17, 15) is 9.18 Å². The van der Waals surface area contributed by atoms with Crippen molar-refractivity contribution in [2.24, 2.45) is 0 Å². The lowest BCUT2D eigenvalue weighted by atomic mass is 10.1. The van der Waals surface area contributed by atoms with Crippen LogP contribution in [0.2, 0.25) is 5.02 Å². The van der Waals surface area contributed by atoms with E-state index >= 15 is 0 Å². The largest absolute Gasteiger partial charge is 0.340 e. The van der Waals surface area contributed by atoms with Crippen LogP contribution < -0.4 is 10.6 Å². The summed E-state index contributed by atoms with van der Waals surface area (Å²) >= 11 is 5.82. The Morgan fingerprint density at radius 3 is 2.85 bits per heavy atom. The van der Waals surface area contributed by atoms with Crippen molar-refractivity contribution in [3.8, 4) is 6.07 Å². The van der Waals surface area contributed by atoms with Crippen molar-refractivity contribution in [3.63, 3.8) is 0 Å². The number of allylic oxidation sites excluding steroid dienone is 1. The van der Waals surface area contributed by atoms with Crippen molar-refractivity contribution in [1.29, 1.82) is 5.26 Å². The first-order valence-corrected chi connectivity index (χ1v) is 8.20. The molecule has 0 saturated heterocycles. The van der Waals surface area contributed by atoms with Gasteiger partial charge in [-0.3, -0.25) is 4.79 Å². The zero-order chi connectivity index (χ0) is 19.4. The molecule has 27 heavy (non-hydrogen) atoms. The molecule has 8 heteroatoms. The molecule has 0 bridgehead atoms. The number of nitrogens with zero attached hydrogens (tertiary/aromatic N) is 3. The lowest BCUT2D eigenvalue weighted by Gasteiger charge is -2.12. The van der Waals surface area contributed by atoms with Crippen molar-refractivity contribution >= 4 is 45.6 Å². The van der Waals surface area contributed by atoms with Gasteiger partial charge in [-0.1, -0.05) is 11.6 Å². The summed E-state index contributed by atoms with van der Waals surface area (Å²) in [5.41, 5.74) is 2.59. The first kappa shape index (κ1) is 18.3. The van der Waals surface area contributed by atoms with E-state index in [0.29, 0.717) is 28.1 Å². The Bertz CT molecular complexity index is 1110. The van der Waals surface area contributed by atoms with E-state index < -0.39 is 11.7 Å². The van der Waals surface area contributed by atoms with Crippen LogP contribution in [0.3, 0.4) is 0 Å². The molecule has 0 atom stereocenters. The first-order chi connectivity index (χ1) is 13.0. The van der Waals surface area contributed by atoms with E-state index in [4.69, 9.17) is 16.9 Å². The summed E-state index contributed by atoms with van der Waals surface area (Å²) in [6, 6.07) is 9.55. The molecule has 0 aliphatic rings. The maximum atomic E-state index is 13.3. The van der Waals surface area contributed by atoms with E-state index in [0.717, 1.165) is 17.7 Å². The van der Waals surface area contributed by atoms with Gasteiger partial charge in [0.2, 0.25) is 5.91 Å². The second-order valence-corrected chi connectivity index (χ2v) is 6.02. The number of hydrogen-bond donors (Lipinski definition) is 2. The van der Waals surface area contributed by atoms with Gasteiger partial charge in [0, 0.05) is 28.9 Å². The number of nitriles is 1. The number of aromatic nitrogens is 2. The Balaban J connectivity index is 1.99. The molecule has 2 aromatic carbocycles. The minimum atomic E-state index is -0.513. The second kappa shape index (κ2) is 7.81. The van der Waals surface area contributed by atoms with Crippen LogP contribution in [0.5, 0.6) is 0 Å². The summed E-state index contributed by atoms with van der Waals surface area (Å²) in [6.45, 7) is 1.83. The van der Waals surface area contributed by atoms with Crippen LogP contribution in [0.15, 0.2) is 48.8 Å². The smallest absolute Gasteiger partial charge is 0.249 e. The molecule has 3 rings (SSSR count). The topological polar surface area (TPSA) is 90.7 Å². The van der Waals surface area contributed by atoms with Gasteiger partial charge in [-0.2, -0.15) is 5.26 Å². The highest BCUT2D eigenvalue weighted by Gasteiger charge is 2.10. The van der Waals surface area contributed by atoms with Crippen LogP contribution in [-0.4, -0.2) is 15.9 Å². The number of carbonyl (C=O) groups is 1. The van der Waals surface area contributed by atoms with Gasteiger partial charge < -0.3 is 10.6 Å². The molecule has 1 amide bonds. The number of hydrogen-bond acceptors (Lipinski definition) is 5. The third-order valence-electron chi connectivity index (χ3n) is 3.73. The number of fused-ring (bicyclic) bond motifs is 1. The van der Waals surface area contributed by atoms with Gasteiger partial charge in [-0.05, 0) is 42.8 Å². The van der Waals surface area contributed by atoms with E-state index in [1.165, 1.54) is 18.5 Å². The third kappa shape index (κ3) is 4.19. The molecule has 0 spiro atoms. The van der Waals surface area contributed by atoms with Crippen LogP contribution in [0, 0.1) is 24.1 Å². The SMILES string of the molecule is Cc1cc2ncnc(Nc3ccc(F)c(Cl)c3)c2cc1NC(=O)/C=C\C#N. The first-order valence-electron chi connectivity index (χ1n) is 7.82. The standard InChI is InChI=1S/C19H13ClFN5O/c1-11-7-17-13(9-16(11)26-18(27)3-2-6-22)19(24-10-23-17)25-12-4-5-15(21)14(20)8-12/h2-5,7-10H,1H3,(H,26,27)(H,23,24,25)/b3-2-. The Morgan fingerprint density at radius 1 is 1.30 bits per heavy atom. The fraction of sp³-hybridized carbons (Fsp3) is 0.0526. The molecule has 134 valence electrons. The molecule has 0 fully saturated rings. The van der Waals surface area contributed by atoms with Crippen LogP contribution in [0.4, 0.5) is 21.6 Å². The van der Waals surface area contributed by atoms with Gasteiger partial charge in [0.15, 0.2) is 0 Å². The van der Waals surface area contributed by atoms with Gasteiger partial charge in [0.05, 0.1) is 16.6 Å². The fourth-order valence-electron chi connectivity index (χ4n) is 2.44. The van der Waals surface area contributed by atoms with E-state index in [-0.39, 0.29) is 5.02 Å². The number of amides is 1. The number of rotatable bonds is 4. The summed E-state index contributed by atoms with van der Waals surface area (Å²) in [7, 11) is 0. The van der Waals surface area contributed by atoms with E-state index in [2.05, 4.69) is 20.6 Å². The molecule has 0 aliphatic heterocycles. The second-order valence-electron chi connectivity index (χ2n) is 5.61. The summed E-state index contributed by atoms with van der Waals surface area (Å²) in [5, 5.41) is 15.0. The predicted octanol–water partition coefficient (Wildman–Crippen LogP) is 4.49. The molecular weight excluding hydrogens is 369 g/mol. The summed E-state index contributed by atoms with van der Waals surface area (Å²) < 4.78 is 13.3. The maximum Gasteiger partial charge on any atom is 0.249 e. The molecule has 1 aromatic heterocycles. The molecular formula is C19H13ClFN5O. The molecule has 2 N–H and O–H groups in total. The normalized spacial score (nSPS) is 10.7. The maximum absolute atomic E-state index is 13.3. The Kier molecular flexibility index (Phi) is 5.29. The van der Waals surface area contributed by atoms with Crippen molar-refractivity contribution < 1.29 is 9.18 Å². The minimum absolute atomic E-state index is 0.00793. The molecule has 0 aliphatic carbocycles. The van der Waals surface area contributed by atoms with Crippen LogP contribution in [0.25, 0.3) is 10.9 Å². The monoisotopic (exact) mass is 381 g/mol. The molecule has 1 heterocycles. The molecule has 0 radical (unpaired) electrons. The Morgan fingerprint density at radius 2 is 2.11 bits per heavy atom. The average molecular weight is 382 g/mol. The number of aryl methyl sites for hydroxylation is 1. The van der Waals surface area contributed by atoms with Gasteiger partial charge in [-0.15, -0.1) is 0 Å². The van der Waals surface area contributed by atoms with Crippen molar-refractivity contribution in [2.75, 3.05) is 10.6 Å². The van der Waals surface area contributed by atoms with Crippen molar-refractivity contribution in [3.05, 3.63) is 65.2 Å². The highest BCUT2D eigenvalue weighted by molar-refractivity contribution is 6.31. The van der Waals surface area contributed by atoms with Crippen LogP contribution in [0.1, 0.15) is 5.56 Å².